The summed E-state index contributed by atoms with van der Waals surface area (Å²) >= 11 is 1.60. The van der Waals surface area contributed by atoms with Gasteiger partial charge in [-0.2, -0.15) is 0 Å². The van der Waals surface area contributed by atoms with E-state index < -0.39 is 0 Å². The van der Waals surface area contributed by atoms with Crippen LogP contribution in [0.5, 0.6) is 0 Å². The number of hydrogen-bond donors (Lipinski definition) is 2. The first kappa shape index (κ1) is 15.6. The van der Waals surface area contributed by atoms with Crippen LogP contribution in [-0.2, 0) is 16.9 Å². The predicted octanol–water partition coefficient (Wildman–Crippen LogP) is 1.99. The fourth-order valence-electron chi connectivity index (χ4n) is 1.77. The average molecular weight is 304 g/mol. The Morgan fingerprint density at radius 2 is 2.19 bits per heavy atom. The number of thiazole rings is 1. The van der Waals surface area contributed by atoms with Crippen molar-refractivity contribution in [1.29, 1.82) is 0 Å². The highest BCUT2D eigenvalue weighted by atomic mass is 32.1. The van der Waals surface area contributed by atoms with Crippen LogP contribution in [0.1, 0.15) is 30.2 Å². The van der Waals surface area contributed by atoms with Gasteiger partial charge in [-0.3, -0.25) is 15.1 Å². The largest absolute Gasteiger partial charge is 0.349 e. The Balaban J connectivity index is 1.81. The summed E-state index contributed by atoms with van der Waals surface area (Å²) in [6.45, 7) is 6.71. The zero-order chi connectivity index (χ0) is 15.3. The van der Waals surface area contributed by atoms with Crippen molar-refractivity contribution in [1.82, 2.24) is 20.6 Å². The molecule has 0 fully saturated rings. The molecule has 0 aliphatic carbocycles. The van der Waals surface area contributed by atoms with E-state index in [4.69, 9.17) is 0 Å². The molecule has 0 atom stereocenters. The number of amides is 1. The molecule has 0 aromatic carbocycles. The van der Waals surface area contributed by atoms with Gasteiger partial charge in [-0.15, -0.1) is 11.3 Å². The third kappa shape index (κ3) is 4.61. The smallest absolute Gasteiger partial charge is 0.234 e. The molecule has 6 heteroatoms. The van der Waals surface area contributed by atoms with Gasteiger partial charge >= 0.3 is 0 Å². The maximum absolute atomic E-state index is 11.9. The molecule has 21 heavy (non-hydrogen) atoms. The second-order valence-corrected chi connectivity index (χ2v) is 6.23. The van der Waals surface area contributed by atoms with Crippen molar-refractivity contribution in [2.75, 3.05) is 6.54 Å². The van der Waals surface area contributed by atoms with Gasteiger partial charge in [0.15, 0.2) is 0 Å². The van der Waals surface area contributed by atoms with Crippen molar-refractivity contribution >= 4 is 17.2 Å². The molecular formula is C15H20N4OS. The number of pyridine rings is 1. The van der Waals surface area contributed by atoms with Gasteiger partial charge in [0, 0.05) is 17.3 Å². The number of aromatic nitrogens is 2. The number of rotatable bonds is 6. The molecule has 0 aliphatic rings. The first-order valence-corrected chi connectivity index (χ1v) is 7.69. The van der Waals surface area contributed by atoms with Crippen LogP contribution in [0, 0.1) is 6.92 Å². The Bertz CT molecular complexity index is 595. The van der Waals surface area contributed by atoms with E-state index >= 15 is 0 Å². The molecular weight excluding hydrogens is 284 g/mol. The molecule has 2 rings (SSSR count). The molecule has 2 heterocycles. The molecule has 0 radical (unpaired) electrons. The SMILES string of the molecule is Cc1csc(C(C)(C)NCC(=O)NCc2ccccn2)n1. The van der Waals surface area contributed by atoms with Gasteiger partial charge in [-0.1, -0.05) is 6.07 Å². The molecule has 5 nitrogen and oxygen atoms in total. The van der Waals surface area contributed by atoms with E-state index in [1.54, 1.807) is 17.5 Å². The fourth-order valence-corrected chi connectivity index (χ4v) is 2.67. The van der Waals surface area contributed by atoms with Gasteiger partial charge in [-0.05, 0) is 32.9 Å². The van der Waals surface area contributed by atoms with E-state index in [2.05, 4.69) is 20.6 Å². The highest BCUT2D eigenvalue weighted by Gasteiger charge is 2.24. The van der Waals surface area contributed by atoms with E-state index in [0.717, 1.165) is 16.4 Å². The number of aryl methyl sites for hydroxylation is 1. The van der Waals surface area contributed by atoms with Crippen LogP contribution in [0.25, 0.3) is 0 Å². The first-order chi connectivity index (χ1) is 9.97. The molecule has 2 N–H and O–H groups in total. The highest BCUT2D eigenvalue weighted by Crippen LogP contribution is 2.23. The lowest BCUT2D eigenvalue weighted by molar-refractivity contribution is -0.120. The summed E-state index contributed by atoms with van der Waals surface area (Å²) in [6.07, 6.45) is 1.72. The molecule has 0 saturated heterocycles. The van der Waals surface area contributed by atoms with E-state index in [9.17, 15) is 4.79 Å². The van der Waals surface area contributed by atoms with E-state index in [1.165, 1.54) is 0 Å². The minimum Gasteiger partial charge on any atom is -0.349 e. The van der Waals surface area contributed by atoms with Crippen LogP contribution in [0.3, 0.4) is 0 Å². The van der Waals surface area contributed by atoms with Crippen LogP contribution >= 0.6 is 11.3 Å². The maximum atomic E-state index is 11.9. The highest BCUT2D eigenvalue weighted by molar-refractivity contribution is 7.09. The third-order valence-corrected chi connectivity index (χ3v) is 4.32. The van der Waals surface area contributed by atoms with Crippen molar-refractivity contribution in [2.24, 2.45) is 0 Å². The van der Waals surface area contributed by atoms with Gasteiger partial charge in [0.25, 0.3) is 0 Å². The maximum Gasteiger partial charge on any atom is 0.234 e. The van der Waals surface area contributed by atoms with E-state index in [0.29, 0.717) is 6.54 Å². The average Bonchev–Trinajstić information content (AvgIpc) is 2.92. The Morgan fingerprint density at radius 1 is 1.38 bits per heavy atom. The van der Waals surface area contributed by atoms with Gasteiger partial charge in [0.2, 0.25) is 5.91 Å². The van der Waals surface area contributed by atoms with Crippen molar-refractivity contribution in [3.05, 3.63) is 46.2 Å². The van der Waals surface area contributed by atoms with Crippen LogP contribution in [0.2, 0.25) is 0 Å². The minimum atomic E-state index is -0.318. The number of nitrogens with zero attached hydrogens (tertiary/aromatic N) is 2. The first-order valence-electron chi connectivity index (χ1n) is 6.81. The predicted molar refractivity (Wildman–Crippen MR) is 84.0 cm³/mol. The van der Waals surface area contributed by atoms with E-state index in [1.807, 2.05) is 44.4 Å². The minimum absolute atomic E-state index is 0.0537. The number of carbonyl (C=O) groups is 1. The van der Waals surface area contributed by atoms with Gasteiger partial charge in [-0.25, -0.2) is 4.98 Å². The zero-order valence-electron chi connectivity index (χ0n) is 12.5. The van der Waals surface area contributed by atoms with Crippen molar-refractivity contribution in [3.63, 3.8) is 0 Å². The summed E-state index contributed by atoms with van der Waals surface area (Å²) in [5.74, 6) is -0.0537. The number of hydrogen-bond acceptors (Lipinski definition) is 5. The summed E-state index contributed by atoms with van der Waals surface area (Å²) in [5.41, 5.74) is 1.53. The topological polar surface area (TPSA) is 66.9 Å². The lowest BCUT2D eigenvalue weighted by Crippen LogP contribution is -2.43. The molecule has 2 aromatic heterocycles. The number of nitrogens with one attached hydrogen (secondary N) is 2. The summed E-state index contributed by atoms with van der Waals surface area (Å²) in [5, 5.41) is 9.09. The lowest BCUT2D eigenvalue weighted by atomic mass is 10.1. The molecule has 0 bridgehead atoms. The molecule has 0 spiro atoms. The zero-order valence-corrected chi connectivity index (χ0v) is 13.3. The standard InChI is InChI=1S/C15H20N4OS/c1-11-10-21-14(19-11)15(2,3)18-9-13(20)17-8-12-6-4-5-7-16-12/h4-7,10,18H,8-9H2,1-3H3,(H,17,20). The van der Waals surface area contributed by atoms with E-state index in [-0.39, 0.29) is 18.0 Å². The van der Waals surface area contributed by atoms with Crippen LogP contribution in [0.15, 0.2) is 29.8 Å². The molecule has 112 valence electrons. The fraction of sp³-hybridized carbons (Fsp3) is 0.400. The Morgan fingerprint density at radius 3 is 2.81 bits per heavy atom. The van der Waals surface area contributed by atoms with Crippen LogP contribution in [0.4, 0.5) is 0 Å². The quantitative estimate of drug-likeness (QED) is 0.856. The van der Waals surface area contributed by atoms with Gasteiger partial charge in [0.1, 0.15) is 5.01 Å². The molecule has 0 unspecified atom stereocenters. The normalized spacial score (nSPS) is 11.4. The second-order valence-electron chi connectivity index (χ2n) is 5.37. The Hall–Kier alpha value is -1.79. The van der Waals surface area contributed by atoms with Crippen molar-refractivity contribution < 1.29 is 4.79 Å². The molecule has 1 amide bonds. The lowest BCUT2D eigenvalue weighted by Gasteiger charge is -2.23. The Kier molecular flexibility index (Phi) is 5.03. The molecule has 2 aromatic rings. The Labute approximate surface area is 128 Å². The van der Waals surface area contributed by atoms with Gasteiger partial charge < -0.3 is 5.32 Å². The monoisotopic (exact) mass is 304 g/mol. The van der Waals surface area contributed by atoms with Crippen molar-refractivity contribution in [2.45, 2.75) is 32.9 Å². The third-order valence-electron chi connectivity index (χ3n) is 3.04. The summed E-state index contributed by atoms with van der Waals surface area (Å²) < 4.78 is 0. The molecule has 0 aliphatic heterocycles. The summed E-state index contributed by atoms with van der Waals surface area (Å²) in [6, 6.07) is 5.64. The van der Waals surface area contributed by atoms with Crippen LogP contribution < -0.4 is 10.6 Å². The van der Waals surface area contributed by atoms with Crippen molar-refractivity contribution in [3.8, 4) is 0 Å². The van der Waals surface area contributed by atoms with Gasteiger partial charge in [0.05, 0.1) is 24.3 Å². The summed E-state index contributed by atoms with van der Waals surface area (Å²) in [4.78, 5) is 20.5. The molecule has 0 saturated carbocycles. The van der Waals surface area contributed by atoms with Crippen LogP contribution in [-0.4, -0.2) is 22.4 Å². The second kappa shape index (κ2) is 6.78. The number of carbonyl (C=O) groups excluding carboxylic acids is 1. The summed E-state index contributed by atoms with van der Waals surface area (Å²) in [7, 11) is 0.